The van der Waals surface area contributed by atoms with Crippen LogP contribution in [0.15, 0.2) is 41.5 Å². The van der Waals surface area contributed by atoms with Gasteiger partial charge in [0.1, 0.15) is 17.4 Å². The molecule has 4 atom stereocenters. The van der Waals surface area contributed by atoms with Crippen LogP contribution in [0.3, 0.4) is 0 Å². The average Bonchev–Trinajstić information content (AvgIpc) is 3.51. The number of H-pyrrole nitrogens is 1. The maximum atomic E-state index is 12.7. The molecule has 1 spiro atoms. The summed E-state index contributed by atoms with van der Waals surface area (Å²) < 4.78 is 8.44. The van der Waals surface area contributed by atoms with Gasteiger partial charge in [0, 0.05) is 59.9 Å². The number of aromatic nitrogens is 2. The van der Waals surface area contributed by atoms with Crippen molar-refractivity contribution < 1.29 is 19.4 Å². The molecule has 3 N–H and O–H groups in total. The van der Waals surface area contributed by atoms with E-state index in [1.807, 2.05) is 30.5 Å². The minimum atomic E-state index is -1.01. The third-order valence-corrected chi connectivity index (χ3v) is 9.73. The van der Waals surface area contributed by atoms with E-state index in [1.165, 1.54) is 32.1 Å². The molecule has 2 aromatic heterocycles. The number of nitrogens with one attached hydrogen (secondary N) is 2. The van der Waals surface area contributed by atoms with E-state index < -0.39 is 5.97 Å². The predicted octanol–water partition coefficient (Wildman–Crippen LogP) is 4.54. The van der Waals surface area contributed by atoms with Gasteiger partial charge in [-0.15, -0.1) is 0 Å². The number of amides is 1. The van der Waals surface area contributed by atoms with Crippen LogP contribution in [0.25, 0.3) is 22.0 Å². The van der Waals surface area contributed by atoms with Crippen LogP contribution < -0.4 is 15.6 Å². The summed E-state index contributed by atoms with van der Waals surface area (Å²) in [4.78, 5) is 39.0. The standard InChI is InChI=1S/C29H31N3O5/c1-32-14-20(18-6-7-30-26(18)28(32)36)19-11-17(31-24(33)4-5-25(34)35)2-3-23(19)37-27-21-9-15-8-16-10-22(27)29(21,12-15)13-16/h2-3,6-7,11,14-16,21-22,27,30H,4-5,8-10,12-13H2,1H3,(H,31,33)(H,34,35). The summed E-state index contributed by atoms with van der Waals surface area (Å²) in [5.41, 5.74) is 3.15. The van der Waals surface area contributed by atoms with Crippen molar-refractivity contribution in [3.05, 3.63) is 47.0 Å². The molecule has 0 aliphatic heterocycles. The lowest BCUT2D eigenvalue weighted by Crippen LogP contribution is -2.57. The second-order valence-corrected chi connectivity index (χ2v) is 11.8. The smallest absolute Gasteiger partial charge is 0.303 e. The second-order valence-electron chi connectivity index (χ2n) is 11.8. The molecular weight excluding hydrogens is 470 g/mol. The number of pyridine rings is 1. The Morgan fingerprint density at radius 3 is 2.59 bits per heavy atom. The van der Waals surface area contributed by atoms with Gasteiger partial charge in [-0.05, 0) is 73.6 Å². The summed E-state index contributed by atoms with van der Waals surface area (Å²) in [5.74, 6) is 2.34. The zero-order valence-corrected chi connectivity index (χ0v) is 20.8. The highest BCUT2D eigenvalue weighted by atomic mass is 16.5. The topological polar surface area (TPSA) is 113 Å². The number of carbonyl (C=O) groups is 2. The average molecular weight is 502 g/mol. The lowest BCUT2D eigenvalue weighted by Gasteiger charge is -2.55. The Balaban J connectivity index is 1.27. The SMILES string of the molecule is Cn1cc(-c2cc(NC(=O)CCC(=O)O)ccc2OC2C3CC4CC5CC2C3(C4)C5)c2cc[nH]c2c1=O. The molecule has 4 saturated carbocycles. The maximum Gasteiger partial charge on any atom is 0.303 e. The molecule has 4 fully saturated rings. The van der Waals surface area contributed by atoms with Crippen molar-refractivity contribution >= 4 is 28.5 Å². The van der Waals surface area contributed by atoms with Gasteiger partial charge >= 0.3 is 5.97 Å². The van der Waals surface area contributed by atoms with Crippen molar-refractivity contribution in [1.82, 2.24) is 9.55 Å². The van der Waals surface area contributed by atoms with Crippen molar-refractivity contribution in [3.63, 3.8) is 0 Å². The Hall–Kier alpha value is -3.55. The van der Waals surface area contributed by atoms with Gasteiger partial charge in [0.2, 0.25) is 5.91 Å². The lowest BCUT2D eigenvalue weighted by atomic mass is 9.54. The first-order chi connectivity index (χ1) is 17.8. The number of hydrogen-bond acceptors (Lipinski definition) is 4. The molecular formula is C29H31N3O5. The molecule has 2 heterocycles. The number of fused-ring (bicyclic) bond motifs is 3. The van der Waals surface area contributed by atoms with Gasteiger partial charge in [-0.2, -0.15) is 0 Å². The molecule has 8 heteroatoms. The Labute approximate surface area is 214 Å². The Bertz CT molecular complexity index is 1480. The van der Waals surface area contributed by atoms with Crippen molar-refractivity contribution in [2.75, 3.05) is 5.32 Å². The zero-order chi connectivity index (χ0) is 25.5. The van der Waals surface area contributed by atoms with E-state index in [-0.39, 0.29) is 30.4 Å². The third-order valence-electron chi connectivity index (χ3n) is 9.73. The first-order valence-electron chi connectivity index (χ1n) is 13.3. The molecule has 8 nitrogen and oxygen atoms in total. The number of carboxylic acids is 1. The normalized spacial score (nSPS) is 30.8. The van der Waals surface area contributed by atoms with Crippen molar-refractivity contribution in [3.8, 4) is 16.9 Å². The first kappa shape index (κ1) is 22.6. The third kappa shape index (κ3) is 3.37. The molecule has 3 bridgehead atoms. The van der Waals surface area contributed by atoms with Crippen LogP contribution in [0.2, 0.25) is 0 Å². The minimum absolute atomic E-state index is 0.0966. The number of hydrogen-bond donors (Lipinski definition) is 3. The van der Waals surface area contributed by atoms with Gasteiger partial charge in [0.15, 0.2) is 0 Å². The number of nitrogens with zero attached hydrogens (tertiary/aromatic N) is 1. The highest BCUT2D eigenvalue weighted by molar-refractivity contribution is 5.98. The van der Waals surface area contributed by atoms with Gasteiger partial charge in [0.05, 0.1) is 6.42 Å². The predicted molar refractivity (Wildman–Crippen MR) is 138 cm³/mol. The van der Waals surface area contributed by atoms with Crippen LogP contribution >= 0.6 is 0 Å². The largest absolute Gasteiger partial charge is 0.489 e. The fraction of sp³-hybridized carbons (Fsp3) is 0.483. The van der Waals surface area contributed by atoms with E-state index in [1.54, 1.807) is 17.8 Å². The molecule has 0 saturated heterocycles. The van der Waals surface area contributed by atoms with Crippen LogP contribution in [0, 0.1) is 29.1 Å². The first-order valence-corrected chi connectivity index (χ1v) is 13.3. The van der Waals surface area contributed by atoms with Crippen LogP contribution in [0.5, 0.6) is 5.75 Å². The number of benzene rings is 1. The fourth-order valence-electron chi connectivity index (χ4n) is 8.47. The van der Waals surface area contributed by atoms with E-state index in [2.05, 4.69) is 10.3 Å². The molecule has 4 unspecified atom stereocenters. The van der Waals surface area contributed by atoms with E-state index >= 15 is 0 Å². The zero-order valence-electron chi connectivity index (χ0n) is 20.8. The Kier molecular flexibility index (Phi) is 4.88. The van der Waals surface area contributed by atoms with Gasteiger partial charge in [0.25, 0.3) is 5.56 Å². The summed E-state index contributed by atoms with van der Waals surface area (Å²) in [7, 11) is 1.73. The number of aromatic amines is 1. The van der Waals surface area contributed by atoms with Crippen LogP contribution in [-0.2, 0) is 16.6 Å². The lowest BCUT2D eigenvalue weighted by molar-refractivity contribution is -0.138. The van der Waals surface area contributed by atoms with Crippen molar-refractivity contribution in [2.45, 2.75) is 51.0 Å². The summed E-state index contributed by atoms with van der Waals surface area (Å²) in [6.07, 6.45) is 10.2. The molecule has 37 heavy (non-hydrogen) atoms. The van der Waals surface area contributed by atoms with Crippen LogP contribution in [-0.4, -0.2) is 32.6 Å². The van der Waals surface area contributed by atoms with Crippen LogP contribution in [0.4, 0.5) is 5.69 Å². The van der Waals surface area contributed by atoms with E-state index in [4.69, 9.17) is 9.84 Å². The second kappa shape index (κ2) is 7.97. The quantitative estimate of drug-likeness (QED) is 0.440. The Morgan fingerprint density at radius 1 is 1.11 bits per heavy atom. The minimum Gasteiger partial charge on any atom is -0.489 e. The monoisotopic (exact) mass is 501 g/mol. The van der Waals surface area contributed by atoms with Gasteiger partial charge in [-0.3, -0.25) is 14.4 Å². The number of rotatable bonds is 7. The number of carboxylic acid groups (broad SMARTS) is 1. The number of carbonyl (C=O) groups excluding carboxylic acids is 1. The molecule has 3 aromatic rings. The van der Waals surface area contributed by atoms with E-state index in [0.29, 0.717) is 28.5 Å². The molecule has 1 amide bonds. The highest BCUT2D eigenvalue weighted by Gasteiger charge is 2.72. The molecule has 4 aliphatic rings. The summed E-state index contributed by atoms with van der Waals surface area (Å²) in [6, 6.07) is 7.51. The van der Waals surface area contributed by atoms with Crippen molar-refractivity contribution in [2.24, 2.45) is 36.1 Å². The summed E-state index contributed by atoms with van der Waals surface area (Å²) >= 11 is 0. The molecule has 7 rings (SSSR count). The van der Waals surface area contributed by atoms with Gasteiger partial charge in [-0.25, -0.2) is 0 Å². The van der Waals surface area contributed by atoms with Gasteiger partial charge in [-0.1, -0.05) is 0 Å². The van der Waals surface area contributed by atoms with E-state index in [0.717, 1.165) is 34.1 Å². The molecule has 1 aromatic carbocycles. The van der Waals surface area contributed by atoms with Gasteiger partial charge < -0.3 is 24.7 Å². The number of ether oxygens (including phenoxy) is 1. The molecule has 192 valence electrons. The number of aryl methyl sites for hydroxylation is 1. The Morgan fingerprint density at radius 2 is 1.86 bits per heavy atom. The van der Waals surface area contributed by atoms with Crippen LogP contribution in [0.1, 0.15) is 44.9 Å². The highest BCUT2D eigenvalue weighted by Crippen LogP contribution is 2.75. The number of aliphatic carboxylic acids is 1. The maximum absolute atomic E-state index is 12.7. The van der Waals surface area contributed by atoms with Crippen molar-refractivity contribution in [1.29, 1.82) is 0 Å². The summed E-state index contributed by atoms with van der Waals surface area (Å²) in [5, 5.41) is 12.6. The molecule has 4 aliphatic carbocycles. The number of anilines is 1. The summed E-state index contributed by atoms with van der Waals surface area (Å²) in [6.45, 7) is 0. The fourth-order valence-corrected chi connectivity index (χ4v) is 8.47. The van der Waals surface area contributed by atoms with E-state index in [9.17, 15) is 14.4 Å². The molecule has 0 radical (unpaired) electrons.